The van der Waals surface area contributed by atoms with Gasteiger partial charge in [0.25, 0.3) is 0 Å². The molecule has 1 unspecified atom stereocenters. The van der Waals surface area contributed by atoms with E-state index in [1.165, 1.54) is 0 Å². The van der Waals surface area contributed by atoms with Crippen molar-refractivity contribution in [1.29, 1.82) is 0 Å². The van der Waals surface area contributed by atoms with Crippen LogP contribution in [0.4, 0.5) is 0 Å². The maximum atomic E-state index is 11.8. The maximum Gasteiger partial charge on any atom is 0.154 e. The summed E-state index contributed by atoms with van der Waals surface area (Å²) in [6.07, 6.45) is 3.26. The van der Waals surface area contributed by atoms with Crippen molar-refractivity contribution in [2.45, 2.75) is 38.5 Å². The number of hydrogen-bond donors (Lipinski definition) is 1. The van der Waals surface area contributed by atoms with Gasteiger partial charge in [-0.05, 0) is 25.5 Å². The highest BCUT2D eigenvalue weighted by Crippen LogP contribution is 2.05. The Kier molecular flexibility index (Phi) is 5.71. The van der Waals surface area contributed by atoms with Crippen LogP contribution in [0.3, 0.4) is 0 Å². The molecule has 1 N–H and O–H groups in total. The number of sulfone groups is 1. The summed E-state index contributed by atoms with van der Waals surface area (Å²) in [4.78, 5) is 0. The lowest BCUT2D eigenvalue weighted by Gasteiger charge is -2.13. The number of unbranched alkanes of at least 4 members (excludes halogenated alkanes) is 1. The summed E-state index contributed by atoms with van der Waals surface area (Å²) in [5, 5.41) is 2.75. The van der Waals surface area contributed by atoms with Gasteiger partial charge in [0.05, 0.1) is 23.8 Å². The molecule has 0 saturated heterocycles. The summed E-state index contributed by atoms with van der Waals surface area (Å²) in [6.45, 7) is 4.78. The first kappa shape index (κ1) is 14.3. The summed E-state index contributed by atoms with van der Waals surface area (Å²) in [6, 6.07) is 3.68. The normalized spacial score (nSPS) is 13.8. The van der Waals surface area contributed by atoms with Crippen molar-refractivity contribution in [3.63, 3.8) is 0 Å². The molecule has 0 bridgehead atoms. The van der Waals surface area contributed by atoms with Crippen molar-refractivity contribution < 1.29 is 12.8 Å². The van der Waals surface area contributed by atoms with Crippen LogP contribution in [0, 0.1) is 0 Å². The smallest absolute Gasteiger partial charge is 0.154 e. The monoisotopic (exact) mass is 259 g/mol. The minimum atomic E-state index is -2.96. The molecule has 0 aliphatic rings. The Labute approximate surface area is 103 Å². The van der Waals surface area contributed by atoms with E-state index in [9.17, 15) is 8.42 Å². The fourth-order valence-electron chi connectivity index (χ4n) is 1.49. The predicted octanol–water partition coefficient (Wildman–Crippen LogP) is 1.97. The van der Waals surface area contributed by atoms with Crippen molar-refractivity contribution in [2.75, 3.05) is 12.3 Å². The highest BCUT2D eigenvalue weighted by atomic mass is 32.2. The summed E-state index contributed by atoms with van der Waals surface area (Å²) in [7, 11) is -2.96. The van der Waals surface area contributed by atoms with E-state index in [0.717, 1.165) is 18.6 Å². The topological polar surface area (TPSA) is 59.3 Å². The Morgan fingerprint density at radius 2 is 2.24 bits per heavy atom. The van der Waals surface area contributed by atoms with Crippen LogP contribution in [-0.2, 0) is 16.4 Å². The van der Waals surface area contributed by atoms with Gasteiger partial charge in [-0.2, -0.15) is 0 Å². The van der Waals surface area contributed by atoms with Crippen LogP contribution in [0.2, 0.25) is 0 Å². The van der Waals surface area contributed by atoms with E-state index in [4.69, 9.17) is 4.42 Å². The highest BCUT2D eigenvalue weighted by Gasteiger charge is 2.19. The third-order valence-electron chi connectivity index (χ3n) is 2.71. The summed E-state index contributed by atoms with van der Waals surface area (Å²) in [5.41, 5.74) is 0. The van der Waals surface area contributed by atoms with Crippen LogP contribution in [-0.4, -0.2) is 26.0 Å². The minimum absolute atomic E-state index is 0.285. The molecule has 1 rings (SSSR count). The number of rotatable bonds is 8. The molecule has 4 nitrogen and oxygen atoms in total. The van der Waals surface area contributed by atoms with E-state index >= 15 is 0 Å². The zero-order valence-corrected chi connectivity index (χ0v) is 11.3. The molecular formula is C12H21NO3S. The van der Waals surface area contributed by atoms with E-state index in [0.29, 0.717) is 13.1 Å². The van der Waals surface area contributed by atoms with Gasteiger partial charge in [-0.3, -0.25) is 0 Å². The van der Waals surface area contributed by atoms with Crippen molar-refractivity contribution in [3.8, 4) is 0 Å². The highest BCUT2D eigenvalue weighted by molar-refractivity contribution is 7.92. The fourth-order valence-corrected chi connectivity index (χ4v) is 2.95. The third-order valence-corrected chi connectivity index (χ3v) is 4.96. The summed E-state index contributed by atoms with van der Waals surface area (Å²) >= 11 is 0. The van der Waals surface area contributed by atoms with Gasteiger partial charge in [0.2, 0.25) is 0 Å². The largest absolute Gasteiger partial charge is 0.468 e. The summed E-state index contributed by atoms with van der Waals surface area (Å²) < 4.78 is 28.8. The summed E-state index contributed by atoms with van der Waals surface area (Å²) in [5.74, 6) is 1.11. The standard InChI is InChI=1S/C12H21NO3S/c1-3-4-8-17(14,15)11(2)9-13-10-12-6-5-7-16-12/h5-7,11,13H,3-4,8-10H2,1-2H3. The van der Waals surface area contributed by atoms with Crippen LogP contribution in [0.15, 0.2) is 22.8 Å². The quantitative estimate of drug-likeness (QED) is 0.775. The maximum absolute atomic E-state index is 11.8. The Morgan fingerprint density at radius 1 is 1.47 bits per heavy atom. The van der Waals surface area contributed by atoms with Crippen LogP contribution in [0.5, 0.6) is 0 Å². The lowest BCUT2D eigenvalue weighted by atomic mass is 10.4. The second kappa shape index (κ2) is 6.81. The molecule has 1 aromatic rings. The molecule has 17 heavy (non-hydrogen) atoms. The number of furan rings is 1. The van der Waals surface area contributed by atoms with Gasteiger partial charge in [0.1, 0.15) is 5.76 Å². The van der Waals surface area contributed by atoms with E-state index < -0.39 is 9.84 Å². The average molecular weight is 259 g/mol. The van der Waals surface area contributed by atoms with Crippen LogP contribution < -0.4 is 5.32 Å². The molecule has 1 aromatic heterocycles. The zero-order valence-electron chi connectivity index (χ0n) is 10.5. The van der Waals surface area contributed by atoms with E-state index in [1.807, 2.05) is 19.1 Å². The zero-order chi connectivity index (χ0) is 12.7. The molecule has 0 aliphatic heterocycles. The van der Waals surface area contributed by atoms with Gasteiger partial charge in [-0.1, -0.05) is 13.3 Å². The third kappa shape index (κ3) is 4.91. The molecule has 98 valence electrons. The van der Waals surface area contributed by atoms with Crippen molar-refractivity contribution in [3.05, 3.63) is 24.2 Å². The van der Waals surface area contributed by atoms with Gasteiger partial charge in [-0.25, -0.2) is 8.42 Å². The molecule has 0 spiro atoms. The molecule has 5 heteroatoms. The SMILES string of the molecule is CCCCS(=O)(=O)C(C)CNCc1ccco1. The molecule has 0 saturated carbocycles. The molecule has 0 aliphatic carbocycles. The first-order chi connectivity index (χ1) is 8.06. The van der Waals surface area contributed by atoms with E-state index in [-0.39, 0.29) is 11.0 Å². The van der Waals surface area contributed by atoms with Gasteiger partial charge in [-0.15, -0.1) is 0 Å². The van der Waals surface area contributed by atoms with Crippen molar-refractivity contribution >= 4 is 9.84 Å². The lowest BCUT2D eigenvalue weighted by molar-refractivity contribution is 0.481. The van der Waals surface area contributed by atoms with Gasteiger partial charge in [0, 0.05) is 6.54 Å². The predicted molar refractivity (Wildman–Crippen MR) is 68.6 cm³/mol. The molecule has 1 heterocycles. The molecule has 0 amide bonds. The second-order valence-corrected chi connectivity index (χ2v) is 6.78. The Bertz CT molecular complexity index is 397. The Balaban J connectivity index is 2.31. The van der Waals surface area contributed by atoms with E-state index in [2.05, 4.69) is 5.32 Å². The number of hydrogen-bond acceptors (Lipinski definition) is 4. The van der Waals surface area contributed by atoms with E-state index in [1.54, 1.807) is 13.2 Å². The Hall–Kier alpha value is -0.810. The van der Waals surface area contributed by atoms with Gasteiger partial charge < -0.3 is 9.73 Å². The molecule has 0 aromatic carbocycles. The van der Waals surface area contributed by atoms with Crippen LogP contribution in [0.1, 0.15) is 32.4 Å². The average Bonchev–Trinajstić information content (AvgIpc) is 2.79. The minimum Gasteiger partial charge on any atom is -0.468 e. The molecule has 0 fully saturated rings. The second-order valence-electron chi connectivity index (χ2n) is 4.24. The first-order valence-corrected chi connectivity index (χ1v) is 7.72. The Morgan fingerprint density at radius 3 is 2.82 bits per heavy atom. The van der Waals surface area contributed by atoms with Crippen LogP contribution in [0.25, 0.3) is 0 Å². The van der Waals surface area contributed by atoms with Crippen molar-refractivity contribution in [1.82, 2.24) is 5.32 Å². The molecule has 0 radical (unpaired) electrons. The lowest BCUT2D eigenvalue weighted by Crippen LogP contribution is -2.32. The molecule has 1 atom stereocenters. The first-order valence-electron chi connectivity index (χ1n) is 6.01. The number of nitrogens with one attached hydrogen (secondary N) is 1. The molecular weight excluding hydrogens is 238 g/mol. The van der Waals surface area contributed by atoms with Gasteiger partial charge in [0.15, 0.2) is 9.84 Å². The van der Waals surface area contributed by atoms with Crippen molar-refractivity contribution in [2.24, 2.45) is 0 Å². The van der Waals surface area contributed by atoms with Crippen LogP contribution >= 0.6 is 0 Å². The van der Waals surface area contributed by atoms with Gasteiger partial charge >= 0.3 is 0 Å². The fraction of sp³-hybridized carbons (Fsp3) is 0.667.